The minimum absolute atomic E-state index is 0.0115. The highest BCUT2D eigenvalue weighted by Crippen LogP contribution is 2.40. The molecule has 3 aliphatic rings. The van der Waals surface area contributed by atoms with E-state index in [9.17, 15) is 24.3 Å². The summed E-state index contributed by atoms with van der Waals surface area (Å²) in [6, 6.07) is 23.6. The number of fused-ring (bicyclic) bond motifs is 5. The van der Waals surface area contributed by atoms with Gasteiger partial charge in [0.15, 0.2) is 5.82 Å². The molecule has 3 aliphatic heterocycles. The Hall–Kier alpha value is -7.25. The van der Waals surface area contributed by atoms with Gasteiger partial charge < -0.3 is 26.0 Å². The van der Waals surface area contributed by atoms with E-state index in [1.807, 2.05) is 111 Å². The third-order valence-corrected chi connectivity index (χ3v) is 16.5. The van der Waals surface area contributed by atoms with Gasteiger partial charge in [0.05, 0.1) is 45.7 Å². The van der Waals surface area contributed by atoms with Crippen LogP contribution in [0.15, 0.2) is 106 Å². The number of aryl methyl sites for hydroxylation is 5. The molecule has 4 N–H and O–H groups in total. The van der Waals surface area contributed by atoms with Gasteiger partial charge in [-0.15, -0.1) is 32.9 Å². The number of nitrogens with zero attached hydrogens (tertiary/aromatic N) is 8. The van der Waals surface area contributed by atoms with Crippen molar-refractivity contribution in [2.24, 2.45) is 20.6 Å². The number of carbonyl (C=O) groups excluding carboxylic acids is 4. The van der Waals surface area contributed by atoms with Crippen LogP contribution in [-0.2, 0) is 33.8 Å². The Morgan fingerprint density at radius 3 is 2.33 bits per heavy atom. The summed E-state index contributed by atoms with van der Waals surface area (Å²) in [7, 11) is 0. The summed E-state index contributed by atoms with van der Waals surface area (Å²) in [5.41, 5.74) is 11.5. The van der Waals surface area contributed by atoms with Gasteiger partial charge >= 0.3 is 0 Å². The van der Waals surface area contributed by atoms with Crippen LogP contribution in [0.1, 0.15) is 106 Å². The lowest BCUT2D eigenvalue weighted by Gasteiger charge is -2.35. The summed E-state index contributed by atoms with van der Waals surface area (Å²) < 4.78 is 2.02. The Morgan fingerprint density at radius 1 is 0.867 bits per heavy atom. The normalized spacial score (nSPS) is 17.3. The SMILES string of the molecule is Cc1ncsc1-c1ccc(CNC(=O)[C@@H]2C[C@@H](O)CN2C(=O)[C@@H](NC(=O)c2ccc3c(c2)N=Nc2ccc(NC(=O)C[C@@H]4N=C(c5ccc(Cl)cc5)c5c(sc(C)c5C)-n5c(C)nnc54)cc2CC3)C(C)(C)C)cc1. The lowest BCUT2D eigenvalue weighted by Crippen LogP contribution is -2.57. The van der Waals surface area contributed by atoms with Gasteiger partial charge in [0, 0.05) is 51.8 Å². The number of halogens is 1. The number of nitrogens with one attached hydrogen (secondary N) is 3. The maximum absolute atomic E-state index is 14.4. The van der Waals surface area contributed by atoms with Crippen molar-refractivity contribution < 1.29 is 24.3 Å². The highest BCUT2D eigenvalue weighted by Gasteiger charge is 2.45. The zero-order chi connectivity index (χ0) is 52.9. The number of likely N-dealkylation sites (tertiary alicyclic amines) is 1. The first-order chi connectivity index (χ1) is 35.9. The molecule has 16 nitrogen and oxygen atoms in total. The average Bonchev–Trinajstić information content (AvgIpc) is 4.16. The van der Waals surface area contributed by atoms with Gasteiger partial charge in [0.25, 0.3) is 5.91 Å². The molecule has 4 aromatic carbocycles. The number of aromatic nitrogens is 4. The van der Waals surface area contributed by atoms with Gasteiger partial charge in [0.1, 0.15) is 29.0 Å². The largest absolute Gasteiger partial charge is 0.391 e. The monoisotopic (exact) mass is 1060 g/mol. The summed E-state index contributed by atoms with van der Waals surface area (Å²) in [5, 5.41) is 39.5. The number of thiazole rings is 1. The highest BCUT2D eigenvalue weighted by molar-refractivity contribution is 7.15. The van der Waals surface area contributed by atoms with Crippen LogP contribution in [-0.4, -0.2) is 83.8 Å². The molecule has 1 fully saturated rings. The number of rotatable bonds is 11. The van der Waals surface area contributed by atoms with E-state index in [-0.39, 0.29) is 43.3 Å². The van der Waals surface area contributed by atoms with E-state index in [4.69, 9.17) is 16.6 Å². The Morgan fingerprint density at radius 2 is 1.60 bits per heavy atom. The van der Waals surface area contributed by atoms with Crippen LogP contribution in [0.3, 0.4) is 0 Å². The van der Waals surface area contributed by atoms with E-state index in [1.165, 1.54) is 4.90 Å². The van der Waals surface area contributed by atoms with Gasteiger partial charge in [-0.05, 0) is 116 Å². The van der Waals surface area contributed by atoms with Crippen molar-refractivity contribution in [3.05, 3.63) is 157 Å². The lowest BCUT2D eigenvalue weighted by atomic mass is 9.85. The Bertz CT molecular complexity index is 3450. The number of carbonyl (C=O) groups is 4. The molecule has 4 amide bonds. The molecule has 6 heterocycles. The maximum Gasteiger partial charge on any atom is 0.252 e. The molecule has 384 valence electrons. The third kappa shape index (κ3) is 10.6. The maximum atomic E-state index is 14.4. The molecule has 0 bridgehead atoms. The number of hydrogen-bond donors (Lipinski definition) is 4. The number of amides is 4. The molecule has 4 atom stereocenters. The number of anilines is 1. The van der Waals surface area contributed by atoms with Gasteiger partial charge in [0.2, 0.25) is 17.7 Å². The standard InChI is InChI=1S/C56H56ClN11O5S2/c1-29-31(3)75-55-47(29)48(35-16-18-39(57)19-17-35)61-44(51-66-63-32(4)68(51)55)25-46(70)60-40-20-21-42-37(22-40)14-12-34-13-15-38(23-43(34)65-64-42)52(71)62-50(56(5,6)7)54(73)67-27-41(69)24-45(67)53(72)58-26-33-8-10-36(11-9-33)49-30(2)59-28-74-49/h8-11,13,15-23,28,41,44-45,50,69H,12,14,24-27H2,1-7H3,(H,58,72)(H,60,70)(H,62,71)/t41-,44+,45+,50-/m1/s1. The molecule has 1 saturated heterocycles. The fraction of sp³-hybridized carbons (Fsp3) is 0.321. The summed E-state index contributed by atoms with van der Waals surface area (Å²) in [4.78, 5) is 69.3. The molecule has 0 unspecified atom stereocenters. The van der Waals surface area contributed by atoms with Crippen molar-refractivity contribution in [2.75, 3.05) is 11.9 Å². The second kappa shape index (κ2) is 20.8. The van der Waals surface area contributed by atoms with Crippen molar-refractivity contribution in [3.63, 3.8) is 0 Å². The first-order valence-corrected chi connectivity index (χ1v) is 26.9. The van der Waals surface area contributed by atoms with Gasteiger partial charge in [-0.1, -0.05) is 74.8 Å². The molecule has 0 aliphatic carbocycles. The first-order valence-electron chi connectivity index (χ1n) is 24.8. The van der Waals surface area contributed by atoms with E-state index in [0.29, 0.717) is 46.6 Å². The molecule has 19 heteroatoms. The molecule has 0 spiro atoms. The summed E-state index contributed by atoms with van der Waals surface area (Å²) >= 11 is 9.52. The number of hydrogen-bond acceptors (Lipinski definition) is 13. The van der Waals surface area contributed by atoms with E-state index < -0.39 is 41.5 Å². The molecule has 0 radical (unpaired) electrons. The van der Waals surface area contributed by atoms with Crippen LogP contribution in [0.5, 0.6) is 0 Å². The number of aliphatic imine (C=N–C) groups is 1. The molecule has 0 saturated carbocycles. The smallest absolute Gasteiger partial charge is 0.252 e. The zero-order valence-corrected chi connectivity index (χ0v) is 45.0. The number of thiophene rings is 1. The van der Waals surface area contributed by atoms with E-state index in [0.717, 1.165) is 65.1 Å². The molecule has 7 aromatic rings. The topological polar surface area (TPSA) is 209 Å². The van der Waals surface area contributed by atoms with E-state index >= 15 is 0 Å². The molecular weight excluding hydrogens is 1010 g/mol. The number of azo groups is 1. The molecule has 75 heavy (non-hydrogen) atoms. The Kier molecular flexibility index (Phi) is 14.2. The van der Waals surface area contributed by atoms with Crippen molar-refractivity contribution in [1.82, 2.24) is 35.3 Å². The van der Waals surface area contributed by atoms with E-state index in [2.05, 4.69) is 55.2 Å². The molecule has 3 aromatic heterocycles. The van der Waals surface area contributed by atoms with Gasteiger partial charge in [-0.2, -0.15) is 10.2 Å². The number of aliphatic hydroxyl groups is 1. The van der Waals surface area contributed by atoms with Crippen LogP contribution in [0.4, 0.5) is 17.1 Å². The van der Waals surface area contributed by atoms with Crippen molar-refractivity contribution in [1.29, 1.82) is 0 Å². The number of β-amino-alcohol motifs (C(OH)–C–C–N with tert-alkyl or cyclic N) is 1. The van der Waals surface area contributed by atoms with Gasteiger partial charge in [-0.25, -0.2) is 4.98 Å². The quantitative estimate of drug-likeness (QED) is 0.0978. The van der Waals surface area contributed by atoms with E-state index in [1.54, 1.807) is 40.9 Å². The van der Waals surface area contributed by atoms with Crippen LogP contribution in [0.25, 0.3) is 15.4 Å². The Labute approximate surface area is 447 Å². The van der Waals surface area contributed by atoms with Crippen molar-refractivity contribution >= 4 is 80.7 Å². The Balaban J connectivity index is 0.805. The first kappa shape index (κ1) is 51.2. The predicted octanol–water partition coefficient (Wildman–Crippen LogP) is 10.2. The second-order valence-electron chi connectivity index (χ2n) is 20.4. The number of benzene rings is 4. The summed E-state index contributed by atoms with van der Waals surface area (Å²) in [6.07, 6.45) is 0.334. The van der Waals surface area contributed by atoms with Crippen LogP contribution < -0.4 is 16.0 Å². The number of aliphatic hydroxyl groups excluding tert-OH is 1. The molecular formula is C56H56ClN11O5S2. The fourth-order valence-corrected chi connectivity index (χ4v) is 12.0. The minimum atomic E-state index is -1.03. The zero-order valence-electron chi connectivity index (χ0n) is 42.6. The highest BCUT2D eigenvalue weighted by atomic mass is 35.5. The van der Waals surface area contributed by atoms with Crippen molar-refractivity contribution in [3.8, 4) is 15.4 Å². The summed E-state index contributed by atoms with van der Waals surface area (Å²) in [5.74, 6) is -0.288. The van der Waals surface area contributed by atoms with Crippen LogP contribution >= 0.6 is 34.3 Å². The minimum Gasteiger partial charge on any atom is -0.391 e. The van der Waals surface area contributed by atoms with Crippen LogP contribution in [0.2, 0.25) is 5.02 Å². The predicted molar refractivity (Wildman–Crippen MR) is 292 cm³/mol. The summed E-state index contributed by atoms with van der Waals surface area (Å²) in [6.45, 7) is 13.8. The second-order valence-corrected chi connectivity index (χ2v) is 22.9. The average molecular weight is 1060 g/mol. The lowest BCUT2D eigenvalue weighted by molar-refractivity contribution is -0.142. The third-order valence-electron chi connectivity index (χ3n) is 14.1. The van der Waals surface area contributed by atoms with Crippen LogP contribution in [0, 0.1) is 33.1 Å². The van der Waals surface area contributed by atoms with Gasteiger partial charge in [-0.3, -0.25) is 28.7 Å². The fourth-order valence-electron chi connectivity index (χ4n) is 9.86. The van der Waals surface area contributed by atoms with Crippen molar-refractivity contribution in [2.45, 2.75) is 105 Å². The molecule has 10 rings (SSSR count).